The average molecular weight is 256 g/mol. The molecule has 4 atom stereocenters. The normalized spacial score (nSPS) is 36.1. The zero-order valence-electron chi connectivity index (χ0n) is 11.1. The van der Waals surface area contributed by atoms with Crippen LogP contribution in [0.4, 0.5) is 0 Å². The summed E-state index contributed by atoms with van der Waals surface area (Å²) in [5.74, 6) is 2.26. The highest BCUT2D eigenvalue weighted by Crippen LogP contribution is 2.52. The molecule has 1 aromatic carbocycles. The second kappa shape index (κ2) is 4.55. The Labute approximate surface area is 114 Å². The van der Waals surface area contributed by atoms with Gasteiger partial charge in [0.25, 0.3) is 6.02 Å². The second-order valence-electron chi connectivity index (χ2n) is 5.98. The number of ether oxygens (including phenoxy) is 1. The molecule has 0 radical (unpaired) electrons. The molecule has 1 aliphatic heterocycles. The Bertz CT molecular complexity index is 485. The van der Waals surface area contributed by atoms with E-state index in [2.05, 4.69) is 40.6 Å². The van der Waals surface area contributed by atoms with Crippen LogP contribution in [0, 0.1) is 11.8 Å². The lowest BCUT2D eigenvalue weighted by Gasteiger charge is -2.32. The first-order valence-corrected chi connectivity index (χ1v) is 7.40. The number of benzene rings is 1. The summed E-state index contributed by atoms with van der Waals surface area (Å²) in [4.78, 5) is 4.39. The highest BCUT2D eigenvalue weighted by Gasteiger charge is 2.48. The van der Waals surface area contributed by atoms with Crippen molar-refractivity contribution in [1.82, 2.24) is 5.32 Å². The molecule has 1 heterocycles. The largest absolute Gasteiger partial charge is 0.463 e. The third-order valence-electron chi connectivity index (χ3n) is 4.98. The van der Waals surface area contributed by atoms with Crippen LogP contribution in [0.25, 0.3) is 0 Å². The Balaban J connectivity index is 1.60. The van der Waals surface area contributed by atoms with Gasteiger partial charge in [-0.15, -0.1) is 0 Å². The fourth-order valence-electron chi connectivity index (χ4n) is 4.22. The molecular weight excluding hydrogens is 236 g/mol. The van der Waals surface area contributed by atoms with Crippen molar-refractivity contribution in [2.75, 3.05) is 13.2 Å². The van der Waals surface area contributed by atoms with Crippen LogP contribution >= 0.6 is 0 Å². The molecule has 1 aromatic rings. The monoisotopic (exact) mass is 256 g/mol. The van der Waals surface area contributed by atoms with E-state index in [9.17, 15) is 0 Å². The molecule has 3 nitrogen and oxygen atoms in total. The lowest BCUT2D eigenvalue weighted by Crippen LogP contribution is -2.43. The number of hydrogen-bond acceptors (Lipinski definition) is 3. The number of fused-ring (bicyclic) bond motifs is 2. The maximum atomic E-state index is 5.55. The molecule has 2 saturated carbocycles. The standard InChI is InChI=1S/C16H20N2O/c1-2-4-11(5-3-1)14-12-6-7-13(10-12)15(14)18-16-17-8-9-19-16/h1-5,12-15H,6-10H2,(H,17,18)/t12?,13?,14-,15+/m1/s1. The van der Waals surface area contributed by atoms with Crippen LogP contribution in [0.2, 0.25) is 0 Å². The van der Waals surface area contributed by atoms with Crippen LogP contribution in [0.3, 0.4) is 0 Å². The van der Waals surface area contributed by atoms with Gasteiger partial charge in [-0.25, -0.2) is 4.99 Å². The van der Waals surface area contributed by atoms with Gasteiger partial charge in [-0.3, -0.25) is 0 Å². The smallest absolute Gasteiger partial charge is 0.285 e. The molecule has 2 fully saturated rings. The summed E-state index contributed by atoms with van der Waals surface area (Å²) in [6.07, 6.45) is 4.11. The quantitative estimate of drug-likeness (QED) is 0.882. The summed E-state index contributed by atoms with van der Waals surface area (Å²) < 4.78 is 5.55. The molecule has 2 unspecified atom stereocenters. The molecule has 19 heavy (non-hydrogen) atoms. The Morgan fingerprint density at radius 1 is 1.11 bits per heavy atom. The van der Waals surface area contributed by atoms with E-state index < -0.39 is 0 Å². The molecule has 0 amide bonds. The zero-order chi connectivity index (χ0) is 12.7. The van der Waals surface area contributed by atoms with Crippen LogP contribution in [0.15, 0.2) is 35.3 Å². The Morgan fingerprint density at radius 3 is 2.74 bits per heavy atom. The van der Waals surface area contributed by atoms with Crippen molar-refractivity contribution in [3.05, 3.63) is 35.9 Å². The summed E-state index contributed by atoms with van der Waals surface area (Å²) in [5.41, 5.74) is 1.48. The van der Waals surface area contributed by atoms with Crippen LogP contribution < -0.4 is 5.32 Å². The first kappa shape index (κ1) is 11.3. The van der Waals surface area contributed by atoms with Crippen molar-refractivity contribution >= 4 is 6.02 Å². The van der Waals surface area contributed by atoms with Crippen molar-refractivity contribution < 1.29 is 4.74 Å². The van der Waals surface area contributed by atoms with E-state index in [-0.39, 0.29) is 0 Å². The fraction of sp³-hybridized carbons (Fsp3) is 0.562. The van der Waals surface area contributed by atoms with Crippen molar-refractivity contribution in [1.29, 1.82) is 0 Å². The average Bonchev–Trinajstić information content (AvgIpc) is 3.16. The second-order valence-corrected chi connectivity index (χ2v) is 5.98. The van der Waals surface area contributed by atoms with Crippen molar-refractivity contribution in [2.45, 2.75) is 31.2 Å². The summed E-state index contributed by atoms with van der Waals surface area (Å²) in [5, 5.41) is 3.59. The Morgan fingerprint density at radius 2 is 1.95 bits per heavy atom. The molecule has 0 saturated heterocycles. The first-order chi connectivity index (χ1) is 9.42. The SMILES string of the molecule is c1ccc([C@@H]2C3CCC(C3)[C@@H]2NC2=NCCO2)cc1. The van der Waals surface area contributed by atoms with Gasteiger partial charge in [-0.2, -0.15) is 0 Å². The lowest BCUT2D eigenvalue weighted by molar-refractivity contribution is 0.290. The van der Waals surface area contributed by atoms with Gasteiger partial charge >= 0.3 is 0 Å². The van der Waals surface area contributed by atoms with Crippen LogP contribution in [0.1, 0.15) is 30.7 Å². The number of nitrogens with one attached hydrogen (secondary N) is 1. The van der Waals surface area contributed by atoms with E-state index in [4.69, 9.17) is 4.74 Å². The van der Waals surface area contributed by atoms with Gasteiger partial charge in [0.1, 0.15) is 6.61 Å². The highest BCUT2D eigenvalue weighted by molar-refractivity contribution is 5.75. The van der Waals surface area contributed by atoms with Gasteiger partial charge in [0.15, 0.2) is 0 Å². The number of rotatable bonds is 2. The molecule has 2 bridgehead atoms. The molecule has 2 aliphatic carbocycles. The zero-order valence-corrected chi connectivity index (χ0v) is 11.1. The van der Waals surface area contributed by atoms with Crippen molar-refractivity contribution in [2.24, 2.45) is 16.8 Å². The third-order valence-corrected chi connectivity index (χ3v) is 4.98. The predicted molar refractivity (Wildman–Crippen MR) is 75.2 cm³/mol. The first-order valence-electron chi connectivity index (χ1n) is 7.40. The minimum Gasteiger partial charge on any atom is -0.463 e. The van der Waals surface area contributed by atoms with E-state index in [1.54, 1.807) is 0 Å². The van der Waals surface area contributed by atoms with Gasteiger partial charge in [0, 0.05) is 12.0 Å². The lowest BCUT2D eigenvalue weighted by atomic mass is 9.80. The number of nitrogens with zero attached hydrogens (tertiary/aromatic N) is 1. The van der Waals surface area contributed by atoms with Gasteiger partial charge in [0.05, 0.1) is 6.54 Å². The van der Waals surface area contributed by atoms with Crippen LogP contribution in [-0.2, 0) is 4.74 Å². The minimum atomic E-state index is 0.512. The Hall–Kier alpha value is -1.51. The topological polar surface area (TPSA) is 33.6 Å². The van der Waals surface area contributed by atoms with Crippen molar-refractivity contribution in [3.8, 4) is 0 Å². The van der Waals surface area contributed by atoms with Gasteiger partial charge in [-0.1, -0.05) is 30.3 Å². The van der Waals surface area contributed by atoms with Gasteiger partial charge < -0.3 is 10.1 Å². The van der Waals surface area contributed by atoms with E-state index in [1.807, 2.05) is 0 Å². The van der Waals surface area contributed by atoms with E-state index in [0.717, 1.165) is 31.0 Å². The van der Waals surface area contributed by atoms with Crippen LogP contribution in [-0.4, -0.2) is 25.2 Å². The van der Waals surface area contributed by atoms with Crippen molar-refractivity contribution in [3.63, 3.8) is 0 Å². The van der Waals surface area contributed by atoms with E-state index >= 15 is 0 Å². The summed E-state index contributed by atoms with van der Waals surface area (Å²) in [7, 11) is 0. The molecule has 100 valence electrons. The third kappa shape index (κ3) is 1.92. The molecule has 0 aromatic heterocycles. The molecule has 3 aliphatic rings. The number of amidine groups is 1. The molecule has 0 spiro atoms. The molecule has 3 heteroatoms. The van der Waals surface area contributed by atoms with Gasteiger partial charge in [0.2, 0.25) is 0 Å². The summed E-state index contributed by atoms with van der Waals surface area (Å²) in [6.45, 7) is 1.54. The number of aliphatic imine (C=N–C) groups is 1. The van der Waals surface area contributed by atoms with E-state index in [1.165, 1.54) is 24.8 Å². The summed E-state index contributed by atoms with van der Waals surface area (Å²) >= 11 is 0. The minimum absolute atomic E-state index is 0.512. The predicted octanol–water partition coefficient (Wildman–Crippen LogP) is 2.54. The summed E-state index contributed by atoms with van der Waals surface area (Å²) in [6, 6.07) is 12.2. The maximum Gasteiger partial charge on any atom is 0.285 e. The molecular formula is C16H20N2O. The molecule has 4 rings (SSSR count). The van der Waals surface area contributed by atoms with Gasteiger partial charge in [-0.05, 0) is 36.7 Å². The molecule has 1 N–H and O–H groups in total. The van der Waals surface area contributed by atoms with E-state index in [0.29, 0.717) is 12.0 Å². The van der Waals surface area contributed by atoms with Crippen LogP contribution in [0.5, 0.6) is 0 Å². The highest BCUT2D eigenvalue weighted by atomic mass is 16.5. The number of hydrogen-bond donors (Lipinski definition) is 1. The fourth-order valence-corrected chi connectivity index (χ4v) is 4.22. The Kier molecular flexibility index (Phi) is 2.71. The maximum absolute atomic E-state index is 5.55.